The fourth-order valence-corrected chi connectivity index (χ4v) is 2.90. The molecule has 2 saturated heterocycles. The SMILES string of the molecule is CC(CC(=O)NCC1CCOC1)C1CCCNC1. The van der Waals surface area contributed by atoms with Crippen molar-refractivity contribution in [1.29, 1.82) is 0 Å². The first-order valence-corrected chi connectivity index (χ1v) is 7.31. The molecule has 0 bridgehead atoms. The average molecular weight is 254 g/mol. The molecule has 104 valence electrons. The molecule has 4 nitrogen and oxygen atoms in total. The number of piperidine rings is 1. The fourth-order valence-electron chi connectivity index (χ4n) is 2.90. The van der Waals surface area contributed by atoms with E-state index in [2.05, 4.69) is 17.6 Å². The van der Waals surface area contributed by atoms with Crippen molar-refractivity contribution in [3.63, 3.8) is 0 Å². The number of carbonyl (C=O) groups excluding carboxylic acids is 1. The molecule has 0 radical (unpaired) electrons. The second-order valence-corrected chi connectivity index (χ2v) is 5.82. The third-order valence-electron chi connectivity index (χ3n) is 4.26. The van der Waals surface area contributed by atoms with Gasteiger partial charge in [0.25, 0.3) is 0 Å². The summed E-state index contributed by atoms with van der Waals surface area (Å²) in [4.78, 5) is 11.9. The van der Waals surface area contributed by atoms with Crippen molar-refractivity contribution >= 4 is 5.91 Å². The minimum atomic E-state index is 0.208. The van der Waals surface area contributed by atoms with Crippen LogP contribution in [0.25, 0.3) is 0 Å². The molecule has 0 aromatic rings. The molecule has 0 saturated carbocycles. The molecule has 4 heteroatoms. The molecule has 18 heavy (non-hydrogen) atoms. The van der Waals surface area contributed by atoms with Crippen LogP contribution in [0, 0.1) is 17.8 Å². The van der Waals surface area contributed by atoms with Crippen molar-refractivity contribution < 1.29 is 9.53 Å². The summed E-state index contributed by atoms with van der Waals surface area (Å²) in [7, 11) is 0. The Morgan fingerprint density at radius 1 is 1.50 bits per heavy atom. The Labute approximate surface area is 110 Å². The molecule has 3 unspecified atom stereocenters. The highest BCUT2D eigenvalue weighted by Gasteiger charge is 2.22. The van der Waals surface area contributed by atoms with E-state index in [1.54, 1.807) is 0 Å². The Morgan fingerprint density at radius 2 is 2.39 bits per heavy atom. The number of ether oxygens (including phenoxy) is 1. The first kappa shape index (κ1) is 13.8. The molecule has 2 heterocycles. The van der Waals surface area contributed by atoms with Gasteiger partial charge < -0.3 is 15.4 Å². The van der Waals surface area contributed by atoms with Crippen LogP contribution in [0.5, 0.6) is 0 Å². The molecule has 2 rings (SSSR count). The van der Waals surface area contributed by atoms with Gasteiger partial charge in [-0.25, -0.2) is 0 Å². The average Bonchev–Trinajstić information content (AvgIpc) is 2.90. The Kier molecular flexibility index (Phi) is 5.45. The zero-order chi connectivity index (χ0) is 12.8. The van der Waals surface area contributed by atoms with E-state index < -0.39 is 0 Å². The lowest BCUT2D eigenvalue weighted by atomic mass is 9.85. The molecule has 0 aromatic heterocycles. The molecular weight excluding hydrogens is 228 g/mol. The monoisotopic (exact) mass is 254 g/mol. The minimum absolute atomic E-state index is 0.208. The van der Waals surface area contributed by atoms with Crippen molar-refractivity contribution in [2.24, 2.45) is 17.8 Å². The van der Waals surface area contributed by atoms with Crippen LogP contribution in [0.4, 0.5) is 0 Å². The fraction of sp³-hybridized carbons (Fsp3) is 0.929. The van der Waals surface area contributed by atoms with Gasteiger partial charge in [-0.1, -0.05) is 6.92 Å². The summed E-state index contributed by atoms with van der Waals surface area (Å²) < 4.78 is 5.31. The molecule has 0 spiro atoms. The predicted octanol–water partition coefficient (Wildman–Crippen LogP) is 1.16. The first-order chi connectivity index (χ1) is 8.75. The van der Waals surface area contributed by atoms with Crippen LogP contribution in [0.3, 0.4) is 0 Å². The van der Waals surface area contributed by atoms with E-state index in [-0.39, 0.29) is 5.91 Å². The third kappa shape index (κ3) is 4.25. The summed E-state index contributed by atoms with van der Waals surface area (Å²) in [6.45, 7) is 6.86. The lowest BCUT2D eigenvalue weighted by Gasteiger charge is -2.28. The van der Waals surface area contributed by atoms with Gasteiger partial charge in [0.1, 0.15) is 0 Å². The van der Waals surface area contributed by atoms with E-state index in [4.69, 9.17) is 4.74 Å². The van der Waals surface area contributed by atoms with Crippen molar-refractivity contribution in [3.05, 3.63) is 0 Å². The lowest BCUT2D eigenvalue weighted by Crippen LogP contribution is -2.36. The molecule has 0 aliphatic carbocycles. The zero-order valence-corrected chi connectivity index (χ0v) is 11.4. The summed E-state index contributed by atoms with van der Waals surface area (Å²) in [6.07, 6.45) is 4.26. The van der Waals surface area contributed by atoms with Gasteiger partial charge in [-0.3, -0.25) is 4.79 Å². The molecule has 3 atom stereocenters. The normalized spacial score (nSPS) is 30.1. The van der Waals surface area contributed by atoms with E-state index in [1.165, 1.54) is 12.8 Å². The molecule has 2 N–H and O–H groups in total. The number of rotatable bonds is 5. The summed E-state index contributed by atoms with van der Waals surface area (Å²) in [5, 5.41) is 6.47. The standard InChI is InChI=1S/C14H26N2O2/c1-11(13-3-2-5-15-9-13)7-14(17)16-8-12-4-6-18-10-12/h11-13,15H,2-10H2,1H3,(H,16,17). The van der Waals surface area contributed by atoms with Crippen LogP contribution in [0.1, 0.15) is 32.6 Å². The maximum Gasteiger partial charge on any atom is 0.220 e. The van der Waals surface area contributed by atoms with Crippen LogP contribution < -0.4 is 10.6 Å². The lowest BCUT2D eigenvalue weighted by molar-refractivity contribution is -0.122. The van der Waals surface area contributed by atoms with Gasteiger partial charge in [-0.2, -0.15) is 0 Å². The Balaban J connectivity index is 1.62. The zero-order valence-electron chi connectivity index (χ0n) is 11.4. The number of carbonyl (C=O) groups is 1. The summed E-state index contributed by atoms with van der Waals surface area (Å²) in [5.74, 6) is 1.89. The quantitative estimate of drug-likeness (QED) is 0.774. The van der Waals surface area contributed by atoms with Crippen molar-refractivity contribution in [2.45, 2.75) is 32.6 Å². The number of amides is 1. The van der Waals surface area contributed by atoms with Gasteiger partial charge >= 0.3 is 0 Å². The molecule has 2 aliphatic heterocycles. The van der Waals surface area contributed by atoms with Crippen LogP contribution in [-0.2, 0) is 9.53 Å². The Bertz CT molecular complexity index is 259. The maximum absolute atomic E-state index is 11.9. The molecular formula is C14H26N2O2. The highest BCUT2D eigenvalue weighted by Crippen LogP contribution is 2.22. The molecule has 1 amide bonds. The summed E-state index contributed by atoms with van der Waals surface area (Å²) >= 11 is 0. The number of nitrogens with one attached hydrogen (secondary N) is 2. The second kappa shape index (κ2) is 7.10. The van der Waals surface area contributed by atoms with Gasteiger partial charge in [0, 0.05) is 25.5 Å². The smallest absolute Gasteiger partial charge is 0.220 e. The Morgan fingerprint density at radius 3 is 3.06 bits per heavy atom. The summed E-state index contributed by atoms with van der Waals surface area (Å²) in [5.41, 5.74) is 0. The van der Waals surface area contributed by atoms with Crippen LogP contribution in [-0.4, -0.2) is 38.8 Å². The van der Waals surface area contributed by atoms with Crippen molar-refractivity contribution in [1.82, 2.24) is 10.6 Å². The van der Waals surface area contributed by atoms with Crippen LogP contribution in [0.15, 0.2) is 0 Å². The number of hydrogen-bond donors (Lipinski definition) is 2. The number of hydrogen-bond acceptors (Lipinski definition) is 3. The topological polar surface area (TPSA) is 50.4 Å². The van der Waals surface area contributed by atoms with Crippen LogP contribution in [0.2, 0.25) is 0 Å². The van der Waals surface area contributed by atoms with E-state index in [0.717, 1.165) is 39.3 Å². The highest BCUT2D eigenvalue weighted by atomic mass is 16.5. The van der Waals surface area contributed by atoms with Crippen molar-refractivity contribution in [2.75, 3.05) is 32.8 Å². The largest absolute Gasteiger partial charge is 0.381 e. The minimum Gasteiger partial charge on any atom is -0.381 e. The van der Waals surface area contributed by atoms with E-state index in [1.807, 2.05) is 0 Å². The summed E-state index contributed by atoms with van der Waals surface area (Å²) in [6, 6.07) is 0. The first-order valence-electron chi connectivity index (χ1n) is 7.31. The van der Waals surface area contributed by atoms with Gasteiger partial charge in [-0.05, 0) is 44.2 Å². The Hall–Kier alpha value is -0.610. The van der Waals surface area contributed by atoms with Gasteiger partial charge in [0.15, 0.2) is 0 Å². The van der Waals surface area contributed by atoms with Crippen molar-refractivity contribution in [3.8, 4) is 0 Å². The van der Waals surface area contributed by atoms with Crippen LogP contribution >= 0.6 is 0 Å². The highest BCUT2D eigenvalue weighted by molar-refractivity contribution is 5.76. The van der Waals surface area contributed by atoms with E-state index >= 15 is 0 Å². The predicted molar refractivity (Wildman–Crippen MR) is 71.3 cm³/mol. The second-order valence-electron chi connectivity index (χ2n) is 5.82. The van der Waals surface area contributed by atoms with E-state index in [9.17, 15) is 4.79 Å². The molecule has 2 aliphatic rings. The molecule has 0 aromatic carbocycles. The molecule has 2 fully saturated rings. The van der Waals surface area contributed by atoms with Gasteiger partial charge in [0.2, 0.25) is 5.91 Å². The van der Waals surface area contributed by atoms with E-state index in [0.29, 0.717) is 24.2 Å². The van der Waals surface area contributed by atoms with Gasteiger partial charge in [0.05, 0.1) is 6.61 Å². The van der Waals surface area contributed by atoms with Gasteiger partial charge in [-0.15, -0.1) is 0 Å². The maximum atomic E-state index is 11.9. The third-order valence-corrected chi connectivity index (χ3v) is 4.26.